The maximum atomic E-state index is 12.5. The Bertz CT molecular complexity index is 1380. The number of rotatable bonds is 4. The summed E-state index contributed by atoms with van der Waals surface area (Å²) in [6.45, 7) is 0.141. The van der Waals surface area contributed by atoms with Gasteiger partial charge in [0, 0.05) is 29.1 Å². The molecule has 4 N–H and O–H groups in total. The number of para-hydroxylation sites is 1. The molecular formula is C22H19N5O3. The predicted molar refractivity (Wildman–Crippen MR) is 114 cm³/mol. The van der Waals surface area contributed by atoms with E-state index >= 15 is 0 Å². The molecule has 8 heteroatoms. The summed E-state index contributed by atoms with van der Waals surface area (Å²) in [5.74, 6) is -0.382. The summed E-state index contributed by atoms with van der Waals surface area (Å²) in [7, 11) is 0. The van der Waals surface area contributed by atoms with Crippen molar-refractivity contribution < 1.29 is 5.11 Å². The third-order valence-electron chi connectivity index (χ3n) is 5.39. The van der Waals surface area contributed by atoms with Crippen LogP contribution in [0.5, 0.6) is 5.88 Å². The van der Waals surface area contributed by atoms with Crippen LogP contribution in [0.1, 0.15) is 29.2 Å². The Morgan fingerprint density at radius 1 is 1.07 bits per heavy atom. The summed E-state index contributed by atoms with van der Waals surface area (Å²) in [6.07, 6.45) is 2.32. The second kappa shape index (κ2) is 7.07. The molecule has 1 aliphatic rings. The van der Waals surface area contributed by atoms with Crippen LogP contribution < -0.4 is 16.7 Å². The molecule has 5 rings (SSSR count). The topological polar surface area (TPSA) is 115 Å². The molecule has 1 atom stereocenters. The highest BCUT2D eigenvalue weighted by molar-refractivity contribution is 6.03. The highest BCUT2D eigenvalue weighted by atomic mass is 16.3. The minimum Gasteiger partial charge on any atom is -0.494 e. The van der Waals surface area contributed by atoms with Crippen LogP contribution in [-0.4, -0.2) is 25.4 Å². The van der Waals surface area contributed by atoms with Gasteiger partial charge in [-0.05, 0) is 11.6 Å². The minimum absolute atomic E-state index is 0.0142. The van der Waals surface area contributed by atoms with Crippen LogP contribution in [0.2, 0.25) is 0 Å². The number of hydrazone groups is 1. The first-order valence-electron chi connectivity index (χ1n) is 9.60. The number of nitrogens with one attached hydrogen (secondary N) is 3. The Balaban J connectivity index is 1.49. The number of aromatic nitrogens is 3. The van der Waals surface area contributed by atoms with Gasteiger partial charge in [0.25, 0.3) is 5.56 Å². The quantitative estimate of drug-likeness (QED) is 0.420. The zero-order chi connectivity index (χ0) is 20.7. The smallest absolute Gasteiger partial charge is 0.331 e. The van der Waals surface area contributed by atoms with E-state index in [1.807, 2.05) is 60.8 Å². The van der Waals surface area contributed by atoms with Gasteiger partial charge in [-0.2, -0.15) is 5.10 Å². The molecule has 0 saturated carbocycles. The summed E-state index contributed by atoms with van der Waals surface area (Å²) in [5, 5.41) is 16.2. The molecule has 30 heavy (non-hydrogen) atoms. The van der Waals surface area contributed by atoms with Crippen LogP contribution in [0, 0.1) is 0 Å². The minimum atomic E-state index is -0.662. The molecule has 0 radical (unpaired) electrons. The Morgan fingerprint density at radius 2 is 1.83 bits per heavy atom. The van der Waals surface area contributed by atoms with Crippen LogP contribution in [0.4, 0.5) is 0 Å². The number of hydrogen-bond donors (Lipinski definition) is 4. The first-order chi connectivity index (χ1) is 14.6. The lowest BCUT2D eigenvalue weighted by molar-refractivity contribution is 0.408. The van der Waals surface area contributed by atoms with E-state index in [1.54, 1.807) is 0 Å². The number of aromatic hydroxyl groups is 1. The largest absolute Gasteiger partial charge is 0.494 e. The maximum absolute atomic E-state index is 12.5. The molecule has 0 saturated heterocycles. The number of hydrogen-bond acceptors (Lipinski definition) is 5. The van der Waals surface area contributed by atoms with Crippen LogP contribution >= 0.6 is 0 Å². The van der Waals surface area contributed by atoms with E-state index in [0.717, 1.165) is 26.6 Å². The molecular weight excluding hydrogens is 382 g/mol. The first-order valence-corrected chi connectivity index (χ1v) is 9.60. The predicted octanol–water partition coefficient (Wildman–Crippen LogP) is 2.21. The van der Waals surface area contributed by atoms with Gasteiger partial charge in [-0.1, -0.05) is 48.5 Å². The van der Waals surface area contributed by atoms with Gasteiger partial charge < -0.3 is 15.5 Å². The van der Waals surface area contributed by atoms with Crippen molar-refractivity contribution in [2.45, 2.75) is 19.0 Å². The zero-order valence-corrected chi connectivity index (χ0v) is 15.9. The van der Waals surface area contributed by atoms with Gasteiger partial charge in [0.1, 0.15) is 5.56 Å². The fourth-order valence-corrected chi connectivity index (χ4v) is 3.89. The van der Waals surface area contributed by atoms with Gasteiger partial charge in [0.2, 0.25) is 5.88 Å². The highest BCUT2D eigenvalue weighted by Crippen LogP contribution is 2.30. The Labute approximate surface area is 170 Å². The summed E-state index contributed by atoms with van der Waals surface area (Å²) < 4.78 is 1.15. The van der Waals surface area contributed by atoms with Gasteiger partial charge in [-0.15, -0.1) is 0 Å². The second-order valence-corrected chi connectivity index (χ2v) is 7.26. The van der Waals surface area contributed by atoms with Crippen LogP contribution in [0.15, 0.2) is 75.5 Å². The van der Waals surface area contributed by atoms with Crippen molar-refractivity contribution >= 4 is 16.6 Å². The van der Waals surface area contributed by atoms with Crippen molar-refractivity contribution in [2.24, 2.45) is 5.10 Å². The molecule has 150 valence electrons. The van der Waals surface area contributed by atoms with Crippen molar-refractivity contribution in [3.05, 3.63) is 98.3 Å². The fraction of sp³-hybridized carbons (Fsp3) is 0.136. The lowest BCUT2D eigenvalue weighted by Gasteiger charge is -2.12. The molecule has 1 aliphatic heterocycles. The number of H-pyrrole nitrogens is 2. The average molecular weight is 401 g/mol. The third-order valence-corrected chi connectivity index (χ3v) is 5.39. The van der Waals surface area contributed by atoms with Gasteiger partial charge in [0.15, 0.2) is 0 Å². The van der Waals surface area contributed by atoms with Crippen molar-refractivity contribution in [1.82, 2.24) is 20.0 Å². The van der Waals surface area contributed by atoms with Crippen molar-refractivity contribution in [3.63, 3.8) is 0 Å². The molecule has 3 heterocycles. The third kappa shape index (κ3) is 2.98. The van der Waals surface area contributed by atoms with E-state index in [9.17, 15) is 14.7 Å². The van der Waals surface area contributed by atoms with E-state index in [4.69, 9.17) is 0 Å². The van der Waals surface area contributed by atoms with Crippen molar-refractivity contribution in [3.8, 4) is 5.88 Å². The molecule has 0 bridgehead atoms. The Hall–Kier alpha value is -4.07. The maximum Gasteiger partial charge on any atom is 0.331 e. The van der Waals surface area contributed by atoms with Crippen LogP contribution in [0.25, 0.3) is 10.9 Å². The summed E-state index contributed by atoms with van der Waals surface area (Å²) >= 11 is 0. The van der Waals surface area contributed by atoms with E-state index in [2.05, 4.69) is 20.5 Å². The summed E-state index contributed by atoms with van der Waals surface area (Å²) in [5.41, 5.74) is 5.03. The van der Waals surface area contributed by atoms with Gasteiger partial charge in [-0.25, -0.2) is 4.79 Å². The van der Waals surface area contributed by atoms with Crippen LogP contribution in [0.3, 0.4) is 0 Å². The Kier molecular flexibility index (Phi) is 4.24. The summed E-state index contributed by atoms with van der Waals surface area (Å²) in [4.78, 5) is 30.4. The first kappa shape index (κ1) is 18.0. The van der Waals surface area contributed by atoms with Gasteiger partial charge in [0.05, 0.1) is 18.3 Å². The molecule has 2 aromatic heterocycles. The normalized spacial score (nSPS) is 15.9. The van der Waals surface area contributed by atoms with Crippen molar-refractivity contribution in [1.29, 1.82) is 0 Å². The number of fused-ring (bicyclic) bond motifs is 1. The number of nitrogens with zero attached hydrogens (tertiary/aromatic N) is 2. The Morgan fingerprint density at radius 3 is 2.67 bits per heavy atom. The number of aromatic amines is 2. The van der Waals surface area contributed by atoms with E-state index < -0.39 is 11.2 Å². The molecule has 0 spiro atoms. The number of benzene rings is 2. The molecule has 8 nitrogen and oxygen atoms in total. The van der Waals surface area contributed by atoms with Gasteiger partial charge in [-0.3, -0.25) is 14.3 Å². The van der Waals surface area contributed by atoms with Crippen molar-refractivity contribution in [2.75, 3.05) is 0 Å². The van der Waals surface area contributed by atoms with E-state index in [0.29, 0.717) is 12.1 Å². The molecule has 1 unspecified atom stereocenters. The van der Waals surface area contributed by atoms with E-state index in [1.165, 1.54) is 0 Å². The molecule has 0 aliphatic carbocycles. The molecule has 4 aromatic rings. The second-order valence-electron chi connectivity index (χ2n) is 7.26. The molecule has 0 amide bonds. The lowest BCUT2D eigenvalue weighted by atomic mass is 9.99. The zero-order valence-electron chi connectivity index (χ0n) is 15.9. The monoisotopic (exact) mass is 401 g/mol. The fourth-order valence-electron chi connectivity index (χ4n) is 3.89. The lowest BCUT2D eigenvalue weighted by Crippen LogP contribution is -2.34. The van der Waals surface area contributed by atoms with Crippen LogP contribution in [-0.2, 0) is 6.54 Å². The highest BCUT2D eigenvalue weighted by Gasteiger charge is 2.28. The average Bonchev–Trinajstić information content (AvgIpc) is 3.39. The standard InChI is InChI=1S/C22H19N5O3/c28-20-19(21(29)27(22(30)24-20)12-13-6-2-1-3-7-13)18-10-17(25-26-18)15-11-23-16-9-5-4-8-14(15)16/h1-9,11,17,23,25,29H,10,12H2,(H,24,28,30). The molecule has 0 fully saturated rings. The van der Waals surface area contributed by atoms with Gasteiger partial charge >= 0.3 is 5.69 Å². The van der Waals surface area contributed by atoms with E-state index in [-0.39, 0.29) is 24.0 Å². The molecule has 2 aromatic carbocycles. The summed E-state index contributed by atoms with van der Waals surface area (Å²) in [6, 6.07) is 17.0. The SMILES string of the molecule is O=c1[nH]c(=O)n(Cc2ccccc2)c(O)c1C1=NNC(c2c[nH]c3ccccc23)C1.